The van der Waals surface area contributed by atoms with Gasteiger partial charge in [0.15, 0.2) is 11.5 Å². The Kier molecular flexibility index (Phi) is 5.03. The van der Waals surface area contributed by atoms with Crippen molar-refractivity contribution in [3.05, 3.63) is 30.2 Å². The smallest absolute Gasteiger partial charge is 0.164 e. The first-order chi connectivity index (χ1) is 13.1. The second-order valence-electron chi connectivity index (χ2n) is 7.21. The summed E-state index contributed by atoms with van der Waals surface area (Å²) in [5.74, 6) is 1.64. The van der Waals surface area contributed by atoms with E-state index in [0.717, 1.165) is 54.1 Å². The van der Waals surface area contributed by atoms with Crippen LogP contribution in [-0.2, 0) is 11.8 Å². The number of rotatable bonds is 6. The monoisotopic (exact) mass is 366 g/mol. The van der Waals surface area contributed by atoms with Crippen LogP contribution in [0.5, 0.6) is 0 Å². The quantitative estimate of drug-likeness (QED) is 0.668. The van der Waals surface area contributed by atoms with Gasteiger partial charge in [-0.1, -0.05) is 0 Å². The van der Waals surface area contributed by atoms with Gasteiger partial charge in [-0.3, -0.25) is 9.67 Å². The van der Waals surface area contributed by atoms with Crippen LogP contribution in [0.15, 0.2) is 24.5 Å². The number of fused-ring (bicyclic) bond motifs is 1. The third-order valence-corrected chi connectivity index (χ3v) is 5.18. The second-order valence-corrected chi connectivity index (χ2v) is 7.21. The van der Waals surface area contributed by atoms with Crippen molar-refractivity contribution in [1.29, 1.82) is 0 Å². The summed E-state index contributed by atoms with van der Waals surface area (Å²) in [6.45, 7) is 3.86. The fourth-order valence-corrected chi connectivity index (χ4v) is 3.76. The third kappa shape index (κ3) is 3.64. The van der Waals surface area contributed by atoms with Gasteiger partial charge in [-0.2, -0.15) is 5.10 Å². The molecule has 4 heterocycles. The van der Waals surface area contributed by atoms with Gasteiger partial charge in [0, 0.05) is 45.2 Å². The minimum atomic E-state index is 0.427. The van der Waals surface area contributed by atoms with Crippen LogP contribution < -0.4 is 4.90 Å². The highest BCUT2D eigenvalue weighted by molar-refractivity contribution is 5.91. The van der Waals surface area contributed by atoms with E-state index >= 15 is 0 Å². The molecule has 0 saturated carbocycles. The first kappa shape index (κ1) is 17.9. The average Bonchev–Trinajstić information content (AvgIpc) is 3.30. The largest absolute Gasteiger partial charge is 0.378 e. The molecular formula is C20H26N6O. The van der Waals surface area contributed by atoms with Crippen LogP contribution in [0.1, 0.15) is 31.4 Å². The van der Waals surface area contributed by atoms with E-state index < -0.39 is 0 Å². The van der Waals surface area contributed by atoms with Crippen LogP contribution in [0.25, 0.3) is 22.4 Å². The number of aryl methyl sites for hydroxylation is 2. The number of pyridine rings is 1. The fraction of sp³-hybridized carbons (Fsp3) is 0.500. The summed E-state index contributed by atoms with van der Waals surface area (Å²) in [4.78, 5) is 16.0. The molecule has 1 atom stereocenters. The topological polar surface area (TPSA) is 69.0 Å². The average molecular weight is 366 g/mol. The van der Waals surface area contributed by atoms with Crippen molar-refractivity contribution in [1.82, 2.24) is 24.7 Å². The van der Waals surface area contributed by atoms with E-state index in [2.05, 4.69) is 22.0 Å². The van der Waals surface area contributed by atoms with Crippen LogP contribution in [0.3, 0.4) is 0 Å². The molecule has 0 amide bonds. The molecule has 7 heteroatoms. The van der Waals surface area contributed by atoms with Gasteiger partial charge >= 0.3 is 0 Å². The molecule has 27 heavy (non-hydrogen) atoms. The highest BCUT2D eigenvalue weighted by Gasteiger charge is 2.20. The molecule has 0 aliphatic carbocycles. The SMILES string of the molecule is Cc1nn(C)c2nc(-c3ccncc3)nc(N(C)CCC[C@H]3CCCO3)c12. The van der Waals surface area contributed by atoms with Crippen molar-refractivity contribution in [3.8, 4) is 11.4 Å². The zero-order valence-corrected chi connectivity index (χ0v) is 16.2. The third-order valence-electron chi connectivity index (χ3n) is 5.18. The minimum absolute atomic E-state index is 0.427. The highest BCUT2D eigenvalue weighted by Crippen LogP contribution is 2.29. The molecule has 3 aromatic rings. The molecular weight excluding hydrogens is 340 g/mol. The van der Waals surface area contributed by atoms with E-state index in [1.54, 1.807) is 12.4 Å². The molecule has 1 aliphatic rings. The predicted molar refractivity (Wildman–Crippen MR) is 106 cm³/mol. The van der Waals surface area contributed by atoms with Gasteiger partial charge in [-0.05, 0) is 44.7 Å². The van der Waals surface area contributed by atoms with Crippen molar-refractivity contribution < 1.29 is 4.74 Å². The molecule has 0 spiro atoms. The van der Waals surface area contributed by atoms with Gasteiger partial charge < -0.3 is 9.64 Å². The fourth-order valence-electron chi connectivity index (χ4n) is 3.76. The van der Waals surface area contributed by atoms with Crippen molar-refractivity contribution in [3.63, 3.8) is 0 Å². The van der Waals surface area contributed by atoms with Crippen molar-refractivity contribution in [2.24, 2.45) is 7.05 Å². The first-order valence-electron chi connectivity index (χ1n) is 9.58. The Morgan fingerprint density at radius 2 is 2.07 bits per heavy atom. The van der Waals surface area contributed by atoms with E-state index in [-0.39, 0.29) is 0 Å². The summed E-state index contributed by atoms with van der Waals surface area (Å²) in [7, 11) is 4.03. The van der Waals surface area contributed by atoms with Gasteiger partial charge in [-0.15, -0.1) is 0 Å². The molecule has 0 N–H and O–H groups in total. The Hall–Kier alpha value is -2.54. The summed E-state index contributed by atoms with van der Waals surface area (Å²) < 4.78 is 7.58. The number of hydrogen-bond acceptors (Lipinski definition) is 6. The molecule has 1 aliphatic heterocycles. The number of anilines is 1. The lowest BCUT2D eigenvalue weighted by Crippen LogP contribution is -2.22. The lowest BCUT2D eigenvalue weighted by Gasteiger charge is -2.21. The summed E-state index contributed by atoms with van der Waals surface area (Å²) in [5.41, 5.74) is 2.77. The van der Waals surface area contributed by atoms with Crippen LogP contribution in [0, 0.1) is 6.92 Å². The molecule has 7 nitrogen and oxygen atoms in total. The zero-order valence-electron chi connectivity index (χ0n) is 16.2. The Morgan fingerprint density at radius 1 is 1.26 bits per heavy atom. The van der Waals surface area contributed by atoms with Crippen molar-refractivity contribution in [2.75, 3.05) is 25.1 Å². The maximum absolute atomic E-state index is 5.75. The van der Waals surface area contributed by atoms with Crippen LogP contribution in [0.2, 0.25) is 0 Å². The second kappa shape index (κ2) is 7.60. The molecule has 1 saturated heterocycles. The molecule has 3 aromatic heterocycles. The maximum atomic E-state index is 5.75. The Balaban J connectivity index is 1.65. The minimum Gasteiger partial charge on any atom is -0.378 e. The number of aromatic nitrogens is 5. The Labute approximate surface area is 159 Å². The number of ether oxygens (including phenoxy) is 1. The molecule has 0 bridgehead atoms. The molecule has 0 aromatic carbocycles. The molecule has 0 radical (unpaired) electrons. The van der Waals surface area contributed by atoms with Crippen molar-refractivity contribution >= 4 is 16.9 Å². The van der Waals surface area contributed by atoms with Gasteiger partial charge in [0.2, 0.25) is 0 Å². The molecule has 0 unspecified atom stereocenters. The lowest BCUT2D eigenvalue weighted by atomic mass is 10.1. The molecule has 4 rings (SSSR count). The van der Waals surface area contributed by atoms with Gasteiger partial charge in [0.25, 0.3) is 0 Å². The summed E-state index contributed by atoms with van der Waals surface area (Å²) in [6, 6.07) is 3.87. The number of hydrogen-bond donors (Lipinski definition) is 0. The highest BCUT2D eigenvalue weighted by atomic mass is 16.5. The normalized spacial score (nSPS) is 16.9. The Morgan fingerprint density at radius 3 is 2.81 bits per heavy atom. The van der Waals surface area contributed by atoms with Crippen LogP contribution in [-0.4, -0.2) is 51.0 Å². The first-order valence-corrected chi connectivity index (χ1v) is 9.58. The standard InChI is InChI=1S/C20H26N6O/c1-14-17-19(25(2)12-4-6-16-7-5-13-27-16)22-18(15-8-10-21-11-9-15)23-20(17)26(3)24-14/h8-11,16H,4-7,12-13H2,1-3H3/t16-/m0/s1. The van der Waals surface area contributed by atoms with Crippen molar-refractivity contribution in [2.45, 2.75) is 38.7 Å². The summed E-state index contributed by atoms with van der Waals surface area (Å²) >= 11 is 0. The summed E-state index contributed by atoms with van der Waals surface area (Å²) in [6.07, 6.45) is 8.52. The van der Waals surface area contributed by atoms with E-state index in [1.165, 1.54) is 12.8 Å². The van der Waals surface area contributed by atoms with Crippen LogP contribution in [0.4, 0.5) is 5.82 Å². The Bertz CT molecular complexity index is 917. The molecule has 1 fully saturated rings. The number of nitrogens with zero attached hydrogens (tertiary/aromatic N) is 6. The van der Waals surface area contributed by atoms with E-state index in [4.69, 9.17) is 14.7 Å². The summed E-state index contributed by atoms with van der Waals surface area (Å²) in [5, 5.41) is 5.59. The van der Waals surface area contributed by atoms with E-state index in [1.807, 2.05) is 30.8 Å². The molecule has 142 valence electrons. The van der Waals surface area contributed by atoms with Gasteiger partial charge in [0.1, 0.15) is 5.82 Å². The zero-order chi connectivity index (χ0) is 18.8. The lowest BCUT2D eigenvalue weighted by molar-refractivity contribution is 0.103. The van der Waals surface area contributed by atoms with E-state index in [0.29, 0.717) is 11.9 Å². The van der Waals surface area contributed by atoms with Gasteiger partial charge in [-0.25, -0.2) is 9.97 Å². The predicted octanol–water partition coefficient (Wildman–Crippen LogP) is 3.13. The van der Waals surface area contributed by atoms with Gasteiger partial charge in [0.05, 0.1) is 17.2 Å². The van der Waals surface area contributed by atoms with E-state index in [9.17, 15) is 0 Å². The maximum Gasteiger partial charge on any atom is 0.164 e. The van der Waals surface area contributed by atoms with Crippen LogP contribution >= 0.6 is 0 Å².